The summed E-state index contributed by atoms with van der Waals surface area (Å²) in [5.41, 5.74) is 21.4. The number of amides is 4. The first-order valence-corrected chi connectivity index (χ1v) is 41.4. The fraction of sp³-hybridized carbons (Fsp3) is 0.219. The Hall–Kier alpha value is -14.9. The minimum absolute atomic E-state index is 0.260. The van der Waals surface area contributed by atoms with Gasteiger partial charge in [-0.3, -0.25) is 84.2 Å². The van der Waals surface area contributed by atoms with Crippen LogP contribution in [0.4, 0.5) is 22.7 Å². The Bertz CT molecular complexity index is 6460. The molecule has 0 radical (unpaired) electrons. The molecule has 8 N–H and O–H groups in total. The maximum atomic E-state index is 13.0. The monoisotopic (exact) mass is 1630 g/mol. The largest absolute Gasteiger partial charge is 0.494 e. The minimum Gasteiger partial charge on any atom is -0.494 e. The summed E-state index contributed by atoms with van der Waals surface area (Å²) in [6.07, 6.45) is 31.9. The number of H-pyrrole nitrogens is 4. The molecule has 27 nitrogen and oxygen atoms in total. The molecule has 27 heteroatoms. The highest BCUT2D eigenvalue weighted by Crippen LogP contribution is 2.33. The van der Waals surface area contributed by atoms with Gasteiger partial charge < -0.3 is 26.0 Å². The number of benzene rings is 6. The van der Waals surface area contributed by atoms with Gasteiger partial charge in [0.1, 0.15) is 5.75 Å². The number of aryl methyl sites for hydroxylation is 2. The van der Waals surface area contributed by atoms with Crippen LogP contribution in [0.1, 0.15) is 134 Å². The second kappa shape index (κ2) is 38.9. The van der Waals surface area contributed by atoms with Crippen LogP contribution >= 0.6 is 0 Å². The van der Waals surface area contributed by atoms with Crippen molar-refractivity contribution in [3.05, 3.63) is 294 Å². The van der Waals surface area contributed by atoms with Gasteiger partial charge in [-0.25, -0.2) is 0 Å². The quantitative estimate of drug-likeness (QED) is 0.0351. The number of pyridine rings is 6. The molecule has 0 atom stereocenters. The lowest BCUT2D eigenvalue weighted by molar-refractivity contribution is 0.101. The number of hydrogen-bond acceptors (Lipinski definition) is 19. The van der Waals surface area contributed by atoms with Crippen LogP contribution in [0.15, 0.2) is 238 Å². The molecular formula is C96H92N22O5. The van der Waals surface area contributed by atoms with E-state index >= 15 is 0 Å². The van der Waals surface area contributed by atoms with E-state index in [1.165, 1.54) is 68.1 Å². The topological polar surface area (TPSA) is 351 Å². The van der Waals surface area contributed by atoms with Gasteiger partial charge in [0, 0.05) is 137 Å². The molecule has 3 aliphatic rings. The van der Waals surface area contributed by atoms with Crippen molar-refractivity contribution >= 4 is 90.0 Å². The summed E-state index contributed by atoms with van der Waals surface area (Å²) in [4.78, 5) is 84.6. The molecule has 0 unspecified atom stereocenters. The first-order valence-electron chi connectivity index (χ1n) is 41.4. The molecule has 10 aromatic heterocycles. The molecule has 0 saturated carbocycles. The van der Waals surface area contributed by atoms with Crippen molar-refractivity contribution in [1.82, 2.24) is 85.4 Å². The molecule has 0 spiro atoms. The van der Waals surface area contributed by atoms with Gasteiger partial charge >= 0.3 is 0 Å². The van der Waals surface area contributed by atoms with Gasteiger partial charge in [0.25, 0.3) is 23.6 Å². The molecule has 3 aliphatic heterocycles. The number of rotatable bonds is 20. The summed E-state index contributed by atoms with van der Waals surface area (Å²) < 4.78 is 5.46. The fourth-order valence-corrected chi connectivity index (χ4v) is 15.5. The standard InChI is InChI=1S/C27H29N5O2.C25H26N6O.C25H22N6O.C19H15N5O/c1-2-34-23-9-7-22(8-10-23)29-27(33)26-24-15-20(6-11-25(24)30-31-26)21-14-19(16-28-17-21)18-32-12-4-3-5-13-32;1-17-7-8-26-15-23(17)28-25(32)24-21-12-19(5-6-22(21)29-30-24)20-11-18(13-27-14-20)16-31-9-3-2-4-10-31;26-13-17-3-6-21(7-4-17)28-25(32)24-22-12-19(5-8-23(22)29-30-24)20-11-18(14-27-15-20)16-31-9-1-2-10-31;1-12-6-8-21-11-17(12)22-19(25)18-15-9-13(4-5-16(15)23-24-18)14-3-2-7-20-10-14/h6-11,14-17H,2-5,12-13,18H2,1H3,(H,29,33)(H,30,31);5-8,11-15H,2-4,9-10,16H2,1H3,(H,28,32)(H,29,30);3-8,11-12,14-15H,1-2,9-10,16H2,(H,28,32)(H,29,30);2-11H,1H3,(H,22,25)(H,23,24). The number of carbonyl (C=O) groups is 4. The fourth-order valence-electron chi connectivity index (χ4n) is 15.5. The summed E-state index contributed by atoms with van der Waals surface area (Å²) >= 11 is 0. The van der Waals surface area contributed by atoms with Crippen LogP contribution in [0.25, 0.3) is 88.1 Å². The summed E-state index contributed by atoms with van der Waals surface area (Å²) in [5.74, 6) is -0.331. The third-order valence-corrected chi connectivity index (χ3v) is 22.1. The zero-order chi connectivity index (χ0) is 84.4. The van der Waals surface area contributed by atoms with E-state index in [9.17, 15) is 19.2 Å². The summed E-state index contributed by atoms with van der Waals surface area (Å²) in [6, 6.07) is 54.0. The number of nitrogens with one attached hydrogen (secondary N) is 8. The second-order valence-electron chi connectivity index (χ2n) is 30.8. The van der Waals surface area contributed by atoms with Gasteiger partial charge in [-0.1, -0.05) is 43.2 Å². The maximum absolute atomic E-state index is 13.0. The number of ether oxygens (including phenoxy) is 1. The number of hydrogen-bond donors (Lipinski definition) is 8. The van der Waals surface area contributed by atoms with Crippen LogP contribution in [-0.4, -0.2) is 155 Å². The van der Waals surface area contributed by atoms with E-state index in [1.807, 2.05) is 179 Å². The Kier molecular flexibility index (Phi) is 25.9. The van der Waals surface area contributed by atoms with Crippen LogP contribution < -0.4 is 26.0 Å². The molecule has 0 bridgehead atoms. The number of nitriles is 1. The van der Waals surface area contributed by atoms with E-state index in [-0.39, 0.29) is 23.6 Å². The van der Waals surface area contributed by atoms with Crippen LogP contribution in [-0.2, 0) is 19.6 Å². The number of likely N-dealkylation sites (tertiary alicyclic amines) is 3. The highest BCUT2D eigenvalue weighted by molar-refractivity contribution is 6.15. The SMILES string of the molecule is CCOc1ccc(NC(=O)c2n[nH]c3ccc(-c4cncc(CN5CCCCC5)c4)cc23)cc1.Cc1ccncc1NC(=O)c1n[nH]c2ccc(-c3cccnc3)cc12.Cc1ccncc1NC(=O)c1n[nH]c2ccc(-c3cncc(CN4CCCCC4)c3)cc12.N#Cc1ccc(NC(=O)c2n[nH]c3ccc(-c4cncc(CN5CCCC5)c4)cc23)cc1. The second-order valence-corrected chi connectivity index (χ2v) is 30.8. The third kappa shape index (κ3) is 20.4. The van der Waals surface area contributed by atoms with E-state index in [0.717, 1.165) is 164 Å². The maximum Gasteiger partial charge on any atom is 0.276 e. The van der Waals surface area contributed by atoms with Crippen molar-refractivity contribution in [3.8, 4) is 56.3 Å². The van der Waals surface area contributed by atoms with Crippen LogP contribution in [0, 0.1) is 25.2 Å². The third-order valence-electron chi connectivity index (χ3n) is 22.1. The van der Waals surface area contributed by atoms with Gasteiger partial charge in [0.2, 0.25) is 0 Å². The Balaban J connectivity index is 0.000000122. The lowest BCUT2D eigenvalue weighted by Gasteiger charge is -2.26. The number of nitrogens with zero attached hydrogens (tertiary/aromatic N) is 14. The van der Waals surface area contributed by atoms with E-state index in [0.29, 0.717) is 57.7 Å². The molecule has 13 heterocycles. The van der Waals surface area contributed by atoms with Crippen LogP contribution in [0.2, 0.25) is 0 Å². The van der Waals surface area contributed by atoms with Crippen molar-refractivity contribution in [2.45, 2.75) is 91.8 Å². The molecule has 19 rings (SSSR count). The van der Waals surface area contributed by atoms with Gasteiger partial charge in [0.15, 0.2) is 22.8 Å². The van der Waals surface area contributed by atoms with Gasteiger partial charge in [-0.2, -0.15) is 25.7 Å². The molecule has 3 fully saturated rings. The van der Waals surface area contributed by atoms with Crippen LogP contribution in [0.5, 0.6) is 5.75 Å². The first-order chi connectivity index (χ1) is 60.3. The molecule has 123 heavy (non-hydrogen) atoms. The van der Waals surface area contributed by atoms with E-state index in [1.54, 1.807) is 61.4 Å². The Labute approximate surface area is 710 Å². The van der Waals surface area contributed by atoms with Gasteiger partial charge in [0.05, 0.1) is 64.1 Å². The van der Waals surface area contributed by atoms with Crippen molar-refractivity contribution in [3.63, 3.8) is 0 Å². The summed E-state index contributed by atoms with van der Waals surface area (Å²) in [5, 5.41) is 52.3. The molecular weight excluding hydrogens is 1540 g/mol. The first kappa shape index (κ1) is 81.9. The van der Waals surface area contributed by atoms with Crippen LogP contribution in [0.3, 0.4) is 0 Å². The molecule has 6 aromatic carbocycles. The number of piperidine rings is 2. The van der Waals surface area contributed by atoms with Gasteiger partial charge in [-0.15, -0.1) is 0 Å². The average Bonchev–Trinajstić information content (AvgIpc) is 1.69. The van der Waals surface area contributed by atoms with E-state index in [2.05, 4.69) is 131 Å². The number of carbonyl (C=O) groups excluding carboxylic acids is 4. The lowest BCUT2D eigenvalue weighted by atomic mass is 10.0. The summed E-state index contributed by atoms with van der Waals surface area (Å²) in [6.45, 7) is 16.0. The van der Waals surface area contributed by atoms with E-state index < -0.39 is 0 Å². The zero-order valence-electron chi connectivity index (χ0n) is 68.5. The molecule has 616 valence electrons. The zero-order valence-corrected chi connectivity index (χ0v) is 68.5. The average molecular weight is 1630 g/mol. The van der Waals surface area contributed by atoms with Crippen molar-refractivity contribution in [2.24, 2.45) is 0 Å². The highest BCUT2D eigenvalue weighted by atomic mass is 16.5. The smallest absolute Gasteiger partial charge is 0.276 e. The molecule has 0 aliphatic carbocycles. The predicted octanol–water partition coefficient (Wildman–Crippen LogP) is 17.8. The van der Waals surface area contributed by atoms with E-state index in [4.69, 9.17) is 10.00 Å². The van der Waals surface area contributed by atoms with Crippen molar-refractivity contribution in [2.75, 3.05) is 67.1 Å². The number of anilines is 4. The van der Waals surface area contributed by atoms with Crippen molar-refractivity contribution < 1.29 is 23.9 Å². The predicted molar refractivity (Wildman–Crippen MR) is 479 cm³/mol. The molecule has 3 saturated heterocycles. The number of fused-ring (bicyclic) bond motifs is 4. The highest BCUT2D eigenvalue weighted by Gasteiger charge is 2.23. The lowest BCUT2D eigenvalue weighted by Crippen LogP contribution is -2.29. The Morgan fingerprint density at radius 2 is 0.707 bits per heavy atom. The Morgan fingerprint density at radius 3 is 1.06 bits per heavy atom. The van der Waals surface area contributed by atoms with Crippen molar-refractivity contribution in [1.29, 1.82) is 5.26 Å². The summed E-state index contributed by atoms with van der Waals surface area (Å²) in [7, 11) is 0. The molecule has 16 aromatic rings. The number of aromatic amines is 4. The normalized spacial score (nSPS) is 13.5. The minimum atomic E-state index is -0.306. The number of aromatic nitrogens is 14. The van der Waals surface area contributed by atoms with Gasteiger partial charge in [-0.05, 0) is 282 Å². The molecule has 4 amide bonds. The Morgan fingerprint density at radius 1 is 0.366 bits per heavy atom.